The molecular weight excluding hydrogens is 232 g/mol. The Morgan fingerprint density at radius 3 is 2.84 bits per heavy atom. The monoisotopic (exact) mass is 260 g/mol. The van der Waals surface area contributed by atoms with E-state index in [-0.39, 0.29) is 0 Å². The van der Waals surface area contributed by atoms with Gasteiger partial charge in [-0.15, -0.1) is 0 Å². The summed E-state index contributed by atoms with van der Waals surface area (Å²) >= 11 is 0. The molecule has 106 valence electrons. The highest BCUT2D eigenvalue weighted by Gasteiger charge is 2.25. The van der Waals surface area contributed by atoms with Crippen molar-refractivity contribution in [3.63, 3.8) is 0 Å². The lowest BCUT2D eigenvalue weighted by Crippen LogP contribution is -2.48. The maximum atomic E-state index is 3.85. The Morgan fingerprint density at radius 1 is 1.32 bits per heavy atom. The van der Waals surface area contributed by atoms with Crippen molar-refractivity contribution >= 4 is 0 Å². The first-order valence-corrected chi connectivity index (χ1v) is 7.83. The number of rotatable bonds is 6. The predicted molar refractivity (Wildman–Crippen MR) is 82.3 cm³/mol. The van der Waals surface area contributed by atoms with Crippen molar-refractivity contribution in [3.05, 3.63) is 35.9 Å². The molecule has 2 rings (SSSR count). The van der Waals surface area contributed by atoms with Crippen LogP contribution in [0.15, 0.2) is 30.3 Å². The van der Waals surface area contributed by atoms with Gasteiger partial charge < -0.3 is 10.6 Å². The Kier molecular flexibility index (Phi) is 5.87. The van der Waals surface area contributed by atoms with Gasteiger partial charge >= 0.3 is 0 Å². The lowest BCUT2D eigenvalue weighted by molar-refractivity contribution is 0.245. The molecule has 3 atom stereocenters. The third kappa shape index (κ3) is 4.32. The molecule has 2 heteroatoms. The van der Waals surface area contributed by atoms with E-state index >= 15 is 0 Å². The number of benzene rings is 1. The molecule has 1 aromatic rings. The van der Waals surface area contributed by atoms with E-state index in [2.05, 4.69) is 54.8 Å². The number of hydrogen-bond donors (Lipinski definition) is 2. The molecule has 0 aliphatic carbocycles. The summed E-state index contributed by atoms with van der Waals surface area (Å²) < 4.78 is 0. The van der Waals surface area contributed by atoms with Gasteiger partial charge in [-0.2, -0.15) is 0 Å². The average molecular weight is 260 g/mol. The largest absolute Gasteiger partial charge is 0.316 e. The van der Waals surface area contributed by atoms with Gasteiger partial charge in [0.25, 0.3) is 0 Å². The average Bonchev–Trinajstić information content (AvgIpc) is 2.47. The van der Waals surface area contributed by atoms with Crippen LogP contribution in [0.2, 0.25) is 0 Å². The van der Waals surface area contributed by atoms with E-state index < -0.39 is 0 Å². The van der Waals surface area contributed by atoms with Crippen molar-refractivity contribution in [2.24, 2.45) is 5.92 Å². The van der Waals surface area contributed by atoms with Gasteiger partial charge in [0.1, 0.15) is 0 Å². The highest BCUT2D eigenvalue weighted by molar-refractivity contribution is 5.18. The van der Waals surface area contributed by atoms with Crippen molar-refractivity contribution in [2.75, 3.05) is 13.1 Å². The highest BCUT2D eigenvalue weighted by atomic mass is 15.0. The molecule has 0 spiro atoms. The van der Waals surface area contributed by atoms with Gasteiger partial charge in [0.05, 0.1) is 0 Å². The zero-order valence-electron chi connectivity index (χ0n) is 12.4. The summed E-state index contributed by atoms with van der Waals surface area (Å²) in [7, 11) is 0. The second kappa shape index (κ2) is 7.66. The summed E-state index contributed by atoms with van der Waals surface area (Å²) in [5.74, 6) is 0.792. The van der Waals surface area contributed by atoms with Crippen molar-refractivity contribution in [1.29, 1.82) is 0 Å². The van der Waals surface area contributed by atoms with E-state index in [0.717, 1.165) is 12.5 Å². The summed E-state index contributed by atoms with van der Waals surface area (Å²) in [6.07, 6.45) is 5.26. The molecule has 1 heterocycles. The zero-order valence-corrected chi connectivity index (χ0v) is 12.4. The summed E-state index contributed by atoms with van der Waals surface area (Å²) in [5, 5.41) is 7.40. The topological polar surface area (TPSA) is 24.1 Å². The van der Waals surface area contributed by atoms with Crippen molar-refractivity contribution in [2.45, 2.75) is 51.6 Å². The number of unbranched alkanes of at least 4 members (excludes halogenated alkanes) is 1. The van der Waals surface area contributed by atoms with Crippen molar-refractivity contribution < 1.29 is 0 Å². The Labute approximate surface area is 118 Å². The van der Waals surface area contributed by atoms with Crippen LogP contribution in [0.25, 0.3) is 0 Å². The van der Waals surface area contributed by atoms with E-state index in [1.54, 1.807) is 0 Å². The first-order chi connectivity index (χ1) is 9.31. The van der Waals surface area contributed by atoms with Gasteiger partial charge in [0, 0.05) is 12.1 Å². The molecule has 19 heavy (non-hydrogen) atoms. The molecule has 1 saturated heterocycles. The minimum Gasteiger partial charge on any atom is -0.316 e. The number of piperidine rings is 1. The van der Waals surface area contributed by atoms with Crippen molar-refractivity contribution in [3.8, 4) is 0 Å². The van der Waals surface area contributed by atoms with E-state index in [4.69, 9.17) is 0 Å². The van der Waals surface area contributed by atoms with E-state index in [0.29, 0.717) is 12.1 Å². The quantitative estimate of drug-likeness (QED) is 0.818. The van der Waals surface area contributed by atoms with Gasteiger partial charge in [-0.25, -0.2) is 0 Å². The summed E-state index contributed by atoms with van der Waals surface area (Å²) in [6.45, 7) is 6.90. The Bertz CT molecular complexity index is 350. The van der Waals surface area contributed by atoms with Crippen LogP contribution in [-0.4, -0.2) is 19.1 Å². The Morgan fingerprint density at radius 2 is 2.11 bits per heavy atom. The van der Waals surface area contributed by atoms with Crippen LogP contribution in [0.4, 0.5) is 0 Å². The molecular formula is C17H28N2. The van der Waals surface area contributed by atoms with Crippen LogP contribution < -0.4 is 10.6 Å². The SMILES string of the molecule is CCCC[C@@H]1CNCC[C@H]1NC(C)c1ccccc1. The Hall–Kier alpha value is -0.860. The van der Waals surface area contributed by atoms with Crippen LogP contribution in [0.3, 0.4) is 0 Å². The smallest absolute Gasteiger partial charge is 0.0294 e. The van der Waals surface area contributed by atoms with Crippen LogP contribution >= 0.6 is 0 Å². The molecule has 1 aliphatic heterocycles. The standard InChI is InChI=1S/C17H28N2/c1-3-4-8-16-13-18-12-11-17(16)19-14(2)15-9-6-5-7-10-15/h5-7,9-10,14,16-19H,3-4,8,11-13H2,1-2H3/t14?,16-,17-/m1/s1. The summed E-state index contributed by atoms with van der Waals surface area (Å²) in [6, 6.07) is 11.9. The van der Waals surface area contributed by atoms with Crippen LogP contribution in [0.5, 0.6) is 0 Å². The van der Waals surface area contributed by atoms with Crippen LogP contribution in [-0.2, 0) is 0 Å². The van der Waals surface area contributed by atoms with Gasteiger partial charge in [-0.1, -0.05) is 50.1 Å². The fraction of sp³-hybridized carbons (Fsp3) is 0.647. The first kappa shape index (κ1) is 14.5. The third-order valence-electron chi connectivity index (χ3n) is 4.30. The van der Waals surface area contributed by atoms with Crippen molar-refractivity contribution in [1.82, 2.24) is 10.6 Å². The Balaban J connectivity index is 1.91. The van der Waals surface area contributed by atoms with E-state index in [1.165, 1.54) is 37.8 Å². The molecule has 2 N–H and O–H groups in total. The lowest BCUT2D eigenvalue weighted by Gasteiger charge is -2.35. The van der Waals surface area contributed by atoms with Gasteiger partial charge in [0.15, 0.2) is 0 Å². The number of nitrogens with one attached hydrogen (secondary N) is 2. The normalized spacial score (nSPS) is 25.2. The molecule has 0 saturated carbocycles. The molecule has 1 aromatic carbocycles. The summed E-state index contributed by atoms with van der Waals surface area (Å²) in [4.78, 5) is 0. The second-order valence-electron chi connectivity index (χ2n) is 5.80. The van der Waals surface area contributed by atoms with Gasteiger partial charge in [-0.3, -0.25) is 0 Å². The van der Waals surface area contributed by atoms with Gasteiger partial charge in [-0.05, 0) is 44.3 Å². The molecule has 1 unspecified atom stereocenters. The molecule has 0 amide bonds. The second-order valence-corrected chi connectivity index (χ2v) is 5.80. The van der Waals surface area contributed by atoms with Gasteiger partial charge in [0.2, 0.25) is 0 Å². The minimum atomic E-state index is 0.452. The summed E-state index contributed by atoms with van der Waals surface area (Å²) in [5.41, 5.74) is 1.40. The number of hydrogen-bond acceptors (Lipinski definition) is 2. The fourth-order valence-electron chi connectivity index (χ4n) is 3.07. The molecule has 2 nitrogen and oxygen atoms in total. The molecule has 0 radical (unpaired) electrons. The maximum absolute atomic E-state index is 3.85. The maximum Gasteiger partial charge on any atom is 0.0294 e. The minimum absolute atomic E-state index is 0.452. The lowest BCUT2D eigenvalue weighted by atomic mass is 9.88. The zero-order chi connectivity index (χ0) is 13.5. The first-order valence-electron chi connectivity index (χ1n) is 7.83. The van der Waals surface area contributed by atoms with Crippen LogP contribution in [0.1, 0.15) is 51.1 Å². The highest BCUT2D eigenvalue weighted by Crippen LogP contribution is 2.21. The van der Waals surface area contributed by atoms with E-state index in [1.807, 2.05) is 0 Å². The van der Waals surface area contributed by atoms with E-state index in [9.17, 15) is 0 Å². The predicted octanol–water partition coefficient (Wildman–Crippen LogP) is 3.51. The molecule has 1 fully saturated rings. The molecule has 1 aliphatic rings. The molecule has 0 aromatic heterocycles. The molecule has 0 bridgehead atoms. The fourth-order valence-corrected chi connectivity index (χ4v) is 3.07. The third-order valence-corrected chi connectivity index (χ3v) is 4.30. The van der Waals surface area contributed by atoms with Crippen LogP contribution in [0, 0.1) is 5.92 Å².